The second-order valence-corrected chi connectivity index (χ2v) is 7.13. The Morgan fingerprint density at radius 2 is 1.33 bits per heavy atom. The van der Waals surface area contributed by atoms with Crippen molar-refractivity contribution >= 4 is 5.97 Å². The molecular formula is C23H18F6NO3+. The molecule has 174 valence electrons. The maximum atomic E-state index is 12.9. The van der Waals surface area contributed by atoms with Gasteiger partial charge in [0.2, 0.25) is 0 Å². The molecule has 0 spiro atoms. The highest BCUT2D eigenvalue weighted by molar-refractivity contribution is 5.86. The Kier molecular flexibility index (Phi) is 7.06. The Labute approximate surface area is 184 Å². The highest BCUT2D eigenvalue weighted by Crippen LogP contribution is 2.34. The molecule has 2 aromatic carbocycles. The predicted molar refractivity (Wildman–Crippen MR) is 104 cm³/mol. The molecule has 1 heterocycles. The van der Waals surface area contributed by atoms with Crippen LogP contribution in [0, 0.1) is 0 Å². The zero-order valence-electron chi connectivity index (χ0n) is 16.9. The zero-order valence-corrected chi connectivity index (χ0v) is 16.9. The van der Waals surface area contributed by atoms with Crippen molar-refractivity contribution in [3.8, 4) is 0 Å². The first-order chi connectivity index (χ1) is 15.4. The fraction of sp³-hybridized carbons (Fsp3) is 0.217. The average molecular weight is 470 g/mol. The van der Waals surface area contributed by atoms with E-state index in [2.05, 4.69) is 0 Å². The van der Waals surface area contributed by atoms with Crippen LogP contribution < -0.4 is 4.57 Å². The van der Waals surface area contributed by atoms with Gasteiger partial charge in [0, 0.05) is 6.07 Å². The molecule has 0 aliphatic heterocycles. The first-order valence-corrected chi connectivity index (χ1v) is 9.63. The molecule has 0 unspecified atom stereocenters. The Hall–Kier alpha value is -3.40. The number of alkyl halides is 6. The summed E-state index contributed by atoms with van der Waals surface area (Å²) in [7, 11) is 0. The number of aromatic carboxylic acids is 1. The van der Waals surface area contributed by atoms with E-state index < -0.39 is 35.6 Å². The number of carbonyl (C=O) groups is 1. The van der Waals surface area contributed by atoms with Gasteiger partial charge in [0.15, 0.2) is 18.9 Å². The lowest BCUT2D eigenvalue weighted by molar-refractivity contribution is -0.698. The van der Waals surface area contributed by atoms with E-state index in [9.17, 15) is 31.1 Å². The molecule has 3 rings (SSSR count). The molecular weight excluding hydrogens is 452 g/mol. The SMILES string of the molecule is O=C(O)c1ccc[n+](CCOC(c2ccc(C(F)(F)F)cc2)c2ccc(C(F)(F)F)cc2)c1. The lowest BCUT2D eigenvalue weighted by Gasteiger charge is -2.20. The molecule has 0 aliphatic carbocycles. The van der Waals surface area contributed by atoms with E-state index in [1.54, 1.807) is 10.8 Å². The Morgan fingerprint density at radius 1 is 0.848 bits per heavy atom. The third-order valence-electron chi connectivity index (χ3n) is 4.82. The summed E-state index contributed by atoms with van der Waals surface area (Å²) in [5.74, 6) is -1.11. The summed E-state index contributed by atoms with van der Waals surface area (Å²) in [4.78, 5) is 11.1. The molecule has 1 N–H and O–H groups in total. The van der Waals surface area contributed by atoms with Crippen molar-refractivity contribution in [3.05, 3.63) is 101 Å². The number of aromatic nitrogens is 1. The minimum absolute atomic E-state index is 0.0143. The van der Waals surface area contributed by atoms with Gasteiger partial charge in [-0.05, 0) is 41.5 Å². The van der Waals surface area contributed by atoms with Gasteiger partial charge in [-0.25, -0.2) is 9.36 Å². The van der Waals surface area contributed by atoms with Crippen LogP contribution >= 0.6 is 0 Å². The van der Waals surface area contributed by atoms with Crippen molar-refractivity contribution in [2.24, 2.45) is 0 Å². The number of ether oxygens (including phenoxy) is 1. The molecule has 10 heteroatoms. The summed E-state index contributed by atoms with van der Waals surface area (Å²) in [5, 5.41) is 9.07. The fourth-order valence-electron chi connectivity index (χ4n) is 3.14. The van der Waals surface area contributed by atoms with Crippen LogP contribution in [0.15, 0.2) is 73.1 Å². The summed E-state index contributed by atoms with van der Waals surface area (Å²) in [6, 6.07) is 11.3. The molecule has 0 fully saturated rings. The smallest absolute Gasteiger partial charge is 0.416 e. The molecule has 0 saturated carbocycles. The molecule has 0 bridgehead atoms. The van der Waals surface area contributed by atoms with Crippen molar-refractivity contribution < 1.29 is 45.5 Å². The minimum Gasteiger partial charge on any atom is -0.477 e. The summed E-state index contributed by atoms with van der Waals surface area (Å²) >= 11 is 0. The molecule has 0 radical (unpaired) electrons. The number of rotatable bonds is 7. The van der Waals surface area contributed by atoms with E-state index in [0.29, 0.717) is 11.1 Å². The predicted octanol–water partition coefficient (Wildman–Crippen LogP) is 5.52. The zero-order chi connectivity index (χ0) is 24.2. The Bertz CT molecular complexity index is 1040. The van der Waals surface area contributed by atoms with E-state index in [4.69, 9.17) is 9.84 Å². The highest BCUT2D eigenvalue weighted by atomic mass is 19.4. The fourth-order valence-corrected chi connectivity index (χ4v) is 3.14. The molecule has 33 heavy (non-hydrogen) atoms. The minimum atomic E-state index is -4.53. The van der Waals surface area contributed by atoms with Gasteiger partial charge in [0.05, 0.1) is 11.1 Å². The lowest BCUT2D eigenvalue weighted by atomic mass is 9.99. The lowest BCUT2D eigenvalue weighted by Crippen LogP contribution is -2.36. The number of hydrogen-bond acceptors (Lipinski definition) is 2. The third kappa shape index (κ3) is 6.32. The van der Waals surface area contributed by atoms with Crippen molar-refractivity contribution in [2.45, 2.75) is 25.0 Å². The van der Waals surface area contributed by atoms with Gasteiger partial charge in [0.25, 0.3) is 0 Å². The van der Waals surface area contributed by atoms with Crippen molar-refractivity contribution in [2.75, 3.05) is 6.61 Å². The van der Waals surface area contributed by atoms with Crippen LogP contribution in [-0.2, 0) is 23.6 Å². The van der Waals surface area contributed by atoms with Crippen LogP contribution in [-0.4, -0.2) is 17.7 Å². The van der Waals surface area contributed by atoms with Crippen LogP contribution in [0.4, 0.5) is 26.3 Å². The van der Waals surface area contributed by atoms with Gasteiger partial charge in [-0.1, -0.05) is 24.3 Å². The molecule has 4 nitrogen and oxygen atoms in total. The van der Waals surface area contributed by atoms with Gasteiger partial charge in [-0.15, -0.1) is 0 Å². The van der Waals surface area contributed by atoms with Crippen molar-refractivity contribution in [1.82, 2.24) is 0 Å². The topological polar surface area (TPSA) is 50.4 Å². The van der Waals surface area contributed by atoms with E-state index in [1.165, 1.54) is 42.6 Å². The normalized spacial score (nSPS) is 12.2. The number of halogens is 6. The molecule has 3 aromatic rings. The van der Waals surface area contributed by atoms with Crippen molar-refractivity contribution in [1.29, 1.82) is 0 Å². The van der Waals surface area contributed by atoms with Crippen LogP contribution in [0.3, 0.4) is 0 Å². The second kappa shape index (κ2) is 9.62. The first-order valence-electron chi connectivity index (χ1n) is 9.63. The maximum absolute atomic E-state index is 12.9. The van der Waals surface area contributed by atoms with E-state index in [0.717, 1.165) is 24.3 Å². The maximum Gasteiger partial charge on any atom is 0.416 e. The van der Waals surface area contributed by atoms with Gasteiger partial charge in [-0.2, -0.15) is 26.3 Å². The van der Waals surface area contributed by atoms with E-state index in [1.807, 2.05) is 0 Å². The summed E-state index contributed by atoms with van der Waals surface area (Å²) in [6.07, 6.45) is -7.00. The Balaban J connectivity index is 1.84. The number of hydrogen-bond donors (Lipinski definition) is 1. The standard InChI is InChI=1S/C23H17F6NO3/c24-22(25,26)18-7-3-15(4-8-18)20(16-5-9-19(10-6-16)23(27,28)29)33-13-12-30-11-1-2-17(14-30)21(31)32/h1-11,14,20H,12-13H2/p+1. The van der Waals surface area contributed by atoms with Crippen LogP contribution in [0.1, 0.15) is 38.7 Å². The van der Waals surface area contributed by atoms with Gasteiger partial charge < -0.3 is 9.84 Å². The van der Waals surface area contributed by atoms with Gasteiger partial charge in [0.1, 0.15) is 18.3 Å². The number of benzene rings is 2. The molecule has 1 aromatic heterocycles. The largest absolute Gasteiger partial charge is 0.477 e. The molecule has 0 saturated heterocycles. The average Bonchev–Trinajstić information content (AvgIpc) is 2.76. The van der Waals surface area contributed by atoms with Crippen LogP contribution in [0.2, 0.25) is 0 Å². The number of carboxylic acids is 1. The van der Waals surface area contributed by atoms with E-state index in [-0.39, 0.29) is 18.7 Å². The van der Waals surface area contributed by atoms with Gasteiger partial charge in [-0.3, -0.25) is 0 Å². The summed E-state index contributed by atoms with van der Waals surface area (Å²) < 4.78 is 84.8. The monoisotopic (exact) mass is 470 g/mol. The van der Waals surface area contributed by atoms with Crippen LogP contribution in [0.5, 0.6) is 0 Å². The van der Waals surface area contributed by atoms with Crippen LogP contribution in [0.25, 0.3) is 0 Å². The summed E-state index contributed by atoms with van der Waals surface area (Å²) in [6.45, 7) is 0.222. The first kappa shape index (κ1) is 24.2. The molecule has 0 amide bonds. The quantitative estimate of drug-likeness (QED) is 0.366. The number of carboxylic acid groups (broad SMARTS) is 1. The Morgan fingerprint density at radius 3 is 1.76 bits per heavy atom. The third-order valence-corrected chi connectivity index (χ3v) is 4.82. The number of pyridine rings is 1. The van der Waals surface area contributed by atoms with E-state index >= 15 is 0 Å². The second-order valence-electron chi connectivity index (χ2n) is 7.13. The molecule has 0 aliphatic rings. The van der Waals surface area contributed by atoms with Crippen molar-refractivity contribution in [3.63, 3.8) is 0 Å². The highest BCUT2D eigenvalue weighted by Gasteiger charge is 2.32. The number of nitrogens with zero attached hydrogens (tertiary/aromatic N) is 1. The van der Waals surface area contributed by atoms with Gasteiger partial charge >= 0.3 is 18.3 Å². The summed E-state index contributed by atoms with van der Waals surface area (Å²) in [5.41, 5.74) is -1.02. The molecule has 0 atom stereocenters.